The van der Waals surface area contributed by atoms with E-state index < -0.39 is 0 Å². The maximum atomic E-state index is 11.8. The number of nitrogens with one attached hydrogen (secondary N) is 2. The Hall–Kier alpha value is -3.66. The standard InChI is InChI=1S/C27H35N9O/c1-3-23(37)29-20-11-12-35(17-20)27-31-25(24-26(32-27)36(18-28-24)22-5-4-6-22)30-19-7-9-21(10-8-19)34-15-13-33(2)14-16-34/h3,7-10,18,20,22H,1,4-6,11-17H2,2H3,(H,29,37)(H,30,31,32)/t20-/m0/s1. The van der Waals surface area contributed by atoms with Crippen LogP contribution in [0.25, 0.3) is 11.2 Å². The Labute approximate surface area is 217 Å². The quantitative estimate of drug-likeness (QED) is 0.478. The van der Waals surface area contributed by atoms with Crippen LogP contribution < -0.4 is 20.4 Å². The number of hydrogen-bond donors (Lipinski definition) is 2. The number of piperazine rings is 1. The van der Waals surface area contributed by atoms with Crippen LogP contribution in [0, 0.1) is 0 Å². The van der Waals surface area contributed by atoms with E-state index in [0.717, 1.165) is 68.8 Å². The molecule has 1 aromatic carbocycles. The average molecular weight is 502 g/mol. The van der Waals surface area contributed by atoms with Crippen molar-refractivity contribution in [2.45, 2.75) is 37.8 Å². The van der Waals surface area contributed by atoms with Crippen molar-refractivity contribution in [3.05, 3.63) is 43.2 Å². The second-order valence-corrected chi connectivity index (χ2v) is 10.4. The Balaban J connectivity index is 1.27. The van der Waals surface area contributed by atoms with Crippen molar-refractivity contribution in [1.29, 1.82) is 0 Å². The largest absolute Gasteiger partial charge is 0.369 e. The van der Waals surface area contributed by atoms with Gasteiger partial charge in [-0.3, -0.25) is 4.79 Å². The number of nitrogens with zero attached hydrogens (tertiary/aromatic N) is 7. The molecule has 3 fully saturated rings. The Morgan fingerprint density at radius 1 is 1.03 bits per heavy atom. The molecule has 4 heterocycles. The van der Waals surface area contributed by atoms with Gasteiger partial charge in [0.1, 0.15) is 0 Å². The van der Waals surface area contributed by atoms with E-state index in [1.54, 1.807) is 0 Å². The fourth-order valence-corrected chi connectivity index (χ4v) is 5.34. The van der Waals surface area contributed by atoms with Crippen molar-refractivity contribution in [2.75, 3.05) is 61.4 Å². The number of hydrogen-bond acceptors (Lipinski definition) is 8. The lowest BCUT2D eigenvalue weighted by Crippen LogP contribution is -2.44. The SMILES string of the molecule is C=CC(=O)N[C@H]1CCN(c2nc(Nc3ccc(N4CCN(C)CC4)cc3)c3ncn(C4CCC4)c3n2)C1. The van der Waals surface area contributed by atoms with Crippen LogP contribution in [0.3, 0.4) is 0 Å². The van der Waals surface area contributed by atoms with Gasteiger partial charge in [-0.05, 0) is 63.1 Å². The van der Waals surface area contributed by atoms with E-state index in [4.69, 9.17) is 15.0 Å². The first kappa shape index (κ1) is 23.7. The number of benzene rings is 1. The topological polar surface area (TPSA) is 94.5 Å². The van der Waals surface area contributed by atoms with Crippen LogP contribution in [-0.2, 0) is 4.79 Å². The number of amides is 1. The third-order valence-corrected chi connectivity index (χ3v) is 7.88. The van der Waals surface area contributed by atoms with Crippen molar-refractivity contribution in [3.8, 4) is 0 Å². The van der Waals surface area contributed by atoms with Gasteiger partial charge < -0.3 is 29.9 Å². The van der Waals surface area contributed by atoms with E-state index >= 15 is 0 Å². The maximum Gasteiger partial charge on any atom is 0.243 e. The molecule has 1 saturated carbocycles. The third-order valence-electron chi connectivity index (χ3n) is 7.88. The molecule has 1 atom stereocenters. The molecule has 194 valence electrons. The lowest BCUT2D eigenvalue weighted by molar-refractivity contribution is -0.117. The van der Waals surface area contributed by atoms with Crippen LogP contribution in [0.15, 0.2) is 43.2 Å². The van der Waals surface area contributed by atoms with Crippen LogP contribution >= 0.6 is 0 Å². The summed E-state index contributed by atoms with van der Waals surface area (Å²) in [6.45, 7) is 9.27. The summed E-state index contributed by atoms with van der Waals surface area (Å²) in [7, 11) is 2.17. The predicted octanol–water partition coefficient (Wildman–Crippen LogP) is 2.93. The van der Waals surface area contributed by atoms with E-state index in [1.807, 2.05) is 6.33 Å². The number of carbonyl (C=O) groups excluding carboxylic acids is 1. The second-order valence-electron chi connectivity index (χ2n) is 10.4. The molecule has 2 N–H and O–H groups in total. The van der Waals surface area contributed by atoms with Gasteiger partial charge >= 0.3 is 0 Å². The van der Waals surface area contributed by atoms with Gasteiger partial charge in [-0.2, -0.15) is 9.97 Å². The van der Waals surface area contributed by atoms with Gasteiger partial charge in [0.2, 0.25) is 11.9 Å². The molecule has 1 amide bonds. The van der Waals surface area contributed by atoms with Crippen LogP contribution in [-0.4, -0.2) is 82.7 Å². The summed E-state index contributed by atoms with van der Waals surface area (Å²) in [5.74, 6) is 1.23. The van der Waals surface area contributed by atoms with Crippen molar-refractivity contribution < 1.29 is 4.79 Å². The second kappa shape index (κ2) is 10.0. The van der Waals surface area contributed by atoms with Gasteiger partial charge in [0.15, 0.2) is 17.0 Å². The van der Waals surface area contributed by atoms with Crippen molar-refractivity contribution in [1.82, 2.24) is 29.7 Å². The highest BCUT2D eigenvalue weighted by Crippen LogP contribution is 2.36. The molecule has 6 rings (SSSR count). The number of rotatable bonds is 7. The van der Waals surface area contributed by atoms with E-state index in [1.165, 1.54) is 18.2 Å². The first-order valence-corrected chi connectivity index (χ1v) is 13.3. The van der Waals surface area contributed by atoms with Crippen molar-refractivity contribution >= 4 is 40.2 Å². The summed E-state index contributed by atoms with van der Waals surface area (Å²) in [6, 6.07) is 9.07. The fourth-order valence-electron chi connectivity index (χ4n) is 5.34. The number of anilines is 4. The summed E-state index contributed by atoms with van der Waals surface area (Å²) >= 11 is 0. The molecule has 0 unspecified atom stereocenters. The molecule has 2 aliphatic heterocycles. The highest BCUT2D eigenvalue weighted by molar-refractivity contribution is 5.88. The Morgan fingerprint density at radius 3 is 2.51 bits per heavy atom. The molecule has 2 aromatic heterocycles. The van der Waals surface area contributed by atoms with Gasteiger partial charge in [0.25, 0.3) is 0 Å². The van der Waals surface area contributed by atoms with E-state index in [2.05, 4.69) is 67.8 Å². The monoisotopic (exact) mass is 501 g/mol. The number of imidazole rings is 1. The Bertz CT molecular complexity index is 1280. The highest BCUT2D eigenvalue weighted by Gasteiger charge is 2.28. The summed E-state index contributed by atoms with van der Waals surface area (Å²) < 4.78 is 2.21. The molecular weight excluding hydrogens is 466 g/mol. The number of carbonyl (C=O) groups is 1. The van der Waals surface area contributed by atoms with Crippen LogP contribution in [0.2, 0.25) is 0 Å². The molecule has 0 bridgehead atoms. The van der Waals surface area contributed by atoms with Crippen LogP contribution in [0.1, 0.15) is 31.7 Å². The summed E-state index contributed by atoms with van der Waals surface area (Å²) in [4.78, 5) is 33.4. The number of likely N-dealkylation sites (N-methyl/N-ethyl adjacent to an activating group) is 1. The van der Waals surface area contributed by atoms with Gasteiger partial charge in [-0.25, -0.2) is 4.98 Å². The molecule has 1 aliphatic carbocycles. The molecular formula is C27H35N9O. The minimum atomic E-state index is -0.145. The van der Waals surface area contributed by atoms with Gasteiger partial charge in [0, 0.05) is 62.7 Å². The van der Waals surface area contributed by atoms with Crippen molar-refractivity contribution in [2.24, 2.45) is 0 Å². The van der Waals surface area contributed by atoms with Crippen molar-refractivity contribution in [3.63, 3.8) is 0 Å². The van der Waals surface area contributed by atoms with E-state index in [9.17, 15) is 4.79 Å². The molecule has 3 aromatic rings. The zero-order valence-corrected chi connectivity index (χ0v) is 21.4. The van der Waals surface area contributed by atoms with E-state index in [-0.39, 0.29) is 11.9 Å². The number of aromatic nitrogens is 4. The average Bonchev–Trinajstić information content (AvgIpc) is 3.52. The predicted molar refractivity (Wildman–Crippen MR) is 147 cm³/mol. The molecule has 0 spiro atoms. The molecule has 10 nitrogen and oxygen atoms in total. The zero-order valence-electron chi connectivity index (χ0n) is 21.4. The third kappa shape index (κ3) is 4.85. The lowest BCUT2D eigenvalue weighted by Gasteiger charge is -2.34. The molecule has 3 aliphatic rings. The highest BCUT2D eigenvalue weighted by atomic mass is 16.1. The number of fused-ring (bicyclic) bond motifs is 1. The summed E-state index contributed by atoms with van der Waals surface area (Å²) in [5.41, 5.74) is 3.87. The van der Waals surface area contributed by atoms with Crippen LogP contribution in [0.5, 0.6) is 0 Å². The van der Waals surface area contributed by atoms with E-state index in [0.29, 0.717) is 24.4 Å². The Morgan fingerprint density at radius 2 is 1.81 bits per heavy atom. The zero-order chi connectivity index (χ0) is 25.4. The normalized spacial score (nSPS) is 20.7. The first-order chi connectivity index (χ1) is 18.1. The summed E-state index contributed by atoms with van der Waals surface area (Å²) in [6.07, 6.45) is 7.62. The van der Waals surface area contributed by atoms with Gasteiger partial charge in [-0.1, -0.05) is 6.58 Å². The smallest absolute Gasteiger partial charge is 0.243 e. The minimum Gasteiger partial charge on any atom is -0.369 e. The fraction of sp³-hybridized carbons (Fsp3) is 0.481. The lowest BCUT2D eigenvalue weighted by atomic mass is 9.93. The van der Waals surface area contributed by atoms with Gasteiger partial charge in [-0.15, -0.1) is 0 Å². The Kier molecular flexibility index (Phi) is 6.42. The molecule has 2 saturated heterocycles. The maximum absolute atomic E-state index is 11.8. The minimum absolute atomic E-state index is 0.0554. The molecule has 10 heteroatoms. The molecule has 37 heavy (non-hydrogen) atoms. The first-order valence-electron chi connectivity index (χ1n) is 13.3. The molecule has 0 radical (unpaired) electrons. The summed E-state index contributed by atoms with van der Waals surface area (Å²) in [5, 5.41) is 6.53. The van der Waals surface area contributed by atoms with Gasteiger partial charge in [0.05, 0.1) is 6.33 Å². The van der Waals surface area contributed by atoms with Crippen LogP contribution in [0.4, 0.5) is 23.1 Å².